The highest BCUT2D eigenvalue weighted by molar-refractivity contribution is 7.99. The van der Waals surface area contributed by atoms with Crippen molar-refractivity contribution in [3.05, 3.63) is 77.7 Å². The smallest absolute Gasteiger partial charge is 0.219 e. The van der Waals surface area contributed by atoms with Crippen LogP contribution in [-0.4, -0.2) is 41.0 Å². The van der Waals surface area contributed by atoms with Crippen LogP contribution >= 0.6 is 35.5 Å². The molecule has 0 saturated carbocycles. The Hall–Kier alpha value is -3.34. The molecule has 0 radical (unpaired) electrons. The van der Waals surface area contributed by atoms with Gasteiger partial charge in [0, 0.05) is 53.4 Å². The fourth-order valence-corrected chi connectivity index (χ4v) is 5.86. The van der Waals surface area contributed by atoms with E-state index in [1.165, 1.54) is 35.2 Å². The van der Waals surface area contributed by atoms with Crippen molar-refractivity contribution in [2.75, 3.05) is 25.5 Å². The summed E-state index contributed by atoms with van der Waals surface area (Å²) in [6.07, 6.45) is 3.57. The lowest BCUT2D eigenvalue weighted by molar-refractivity contribution is -0.129. The Morgan fingerprint density at radius 3 is 2.59 bits per heavy atom. The van der Waals surface area contributed by atoms with Gasteiger partial charge < -0.3 is 19.7 Å². The quantitative estimate of drug-likeness (QED) is 0.229. The van der Waals surface area contributed by atoms with Crippen LogP contribution in [0.5, 0.6) is 17.2 Å². The van der Waals surface area contributed by atoms with Crippen LogP contribution in [0.4, 0.5) is 15.3 Å². The van der Waals surface area contributed by atoms with Gasteiger partial charge in [-0.15, -0.1) is 23.7 Å². The third-order valence-electron chi connectivity index (χ3n) is 6.25. The number of pyridine rings is 1. The first kappa shape index (κ1) is 28.7. The minimum absolute atomic E-state index is 0. The monoisotopic (exact) mass is 586 g/mol. The highest BCUT2D eigenvalue weighted by Crippen LogP contribution is 2.38. The average molecular weight is 587 g/mol. The van der Waals surface area contributed by atoms with E-state index in [2.05, 4.69) is 15.7 Å². The molecule has 4 aromatic rings. The number of piperidine rings is 1. The Morgan fingerprint density at radius 2 is 1.87 bits per heavy atom. The lowest BCUT2D eigenvalue weighted by Gasteiger charge is -2.30. The zero-order valence-corrected chi connectivity index (χ0v) is 23.9. The van der Waals surface area contributed by atoms with Gasteiger partial charge in [0.25, 0.3) is 0 Å². The van der Waals surface area contributed by atoms with Crippen molar-refractivity contribution < 1.29 is 18.7 Å². The van der Waals surface area contributed by atoms with Gasteiger partial charge in [-0.2, -0.15) is 0 Å². The first-order valence-corrected chi connectivity index (χ1v) is 13.9. The van der Waals surface area contributed by atoms with Gasteiger partial charge in [-0.3, -0.25) is 4.79 Å². The number of hydrogen-bond acceptors (Lipinski definition) is 8. The predicted molar refractivity (Wildman–Crippen MR) is 155 cm³/mol. The van der Waals surface area contributed by atoms with E-state index in [4.69, 9.17) is 14.5 Å². The molecule has 1 fully saturated rings. The van der Waals surface area contributed by atoms with Gasteiger partial charge >= 0.3 is 0 Å². The summed E-state index contributed by atoms with van der Waals surface area (Å²) in [5.74, 6) is 2.39. The zero-order valence-electron chi connectivity index (χ0n) is 21.4. The van der Waals surface area contributed by atoms with Gasteiger partial charge in [0.1, 0.15) is 17.3 Å². The molecule has 0 aliphatic carbocycles. The SMILES string of the molecule is COc1cccc(Sc2cnc(Nc3nc(C4CCN(C(C)=O)CC4)cs3)c(Oc3ccc(F)cc3)c2)c1.Cl. The van der Waals surface area contributed by atoms with Crippen LogP contribution in [0.25, 0.3) is 0 Å². The molecule has 1 aliphatic rings. The molecule has 7 nitrogen and oxygen atoms in total. The molecule has 39 heavy (non-hydrogen) atoms. The number of amides is 1. The van der Waals surface area contributed by atoms with E-state index in [-0.39, 0.29) is 24.1 Å². The maximum Gasteiger partial charge on any atom is 0.219 e. The Kier molecular flexibility index (Phi) is 9.66. The van der Waals surface area contributed by atoms with Crippen molar-refractivity contribution in [3.8, 4) is 17.2 Å². The van der Waals surface area contributed by atoms with E-state index >= 15 is 0 Å². The van der Waals surface area contributed by atoms with Crippen LogP contribution in [0.3, 0.4) is 0 Å². The molecule has 204 valence electrons. The average Bonchev–Trinajstić information content (AvgIpc) is 3.40. The van der Waals surface area contributed by atoms with Crippen LogP contribution in [0.15, 0.2) is 76.0 Å². The number of halogens is 2. The number of likely N-dealkylation sites (tertiary alicyclic amines) is 1. The second kappa shape index (κ2) is 13.1. The lowest BCUT2D eigenvalue weighted by atomic mass is 9.94. The Balaban J connectivity index is 0.00000353. The van der Waals surface area contributed by atoms with Crippen molar-refractivity contribution >= 4 is 52.4 Å². The molecule has 0 bridgehead atoms. The molecular formula is C28H28ClFN4O3S2. The number of thiazole rings is 1. The van der Waals surface area contributed by atoms with Crippen LogP contribution < -0.4 is 14.8 Å². The first-order chi connectivity index (χ1) is 18.5. The van der Waals surface area contributed by atoms with Crippen molar-refractivity contribution in [1.29, 1.82) is 0 Å². The molecular weight excluding hydrogens is 559 g/mol. The fraction of sp³-hybridized carbons (Fsp3) is 0.250. The number of anilines is 2. The molecule has 11 heteroatoms. The number of aromatic nitrogens is 2. The summed E-state index contributed by atoms with van der Waals surface area (Å²) in [5.41, 5.74) is 1.02. The maximum atomic E-state index is 13.5. The van der Waals surface area contributed by atoms with E-state index < -0.39 is 0 Å². The number of nitrogens with zero attached hydrogens (tertiary/aromatic N) is 3. The highest BCUT2D eigenvalue weighted by atomic mass is 35.5. The van der Waals surface area contributed by atoms with Crippen molar-refractivity contribution in [2.24, 2.45) is 0 Å². The standard InChI is InChI=1S/C28H27FN4O3S2.ClH/c1-18(34)33-12-10-19(11-13-33)25-17-37-28(31-25)32-27-26(36-21-8-6-20(29)7-9-21)15-24(16-30-27)38-23-5-3-4-22(14-23)35-2;/h3-9,14-17,19H,10-13H2,1-2H3,(H,30,31,32);1H. The molecule has 2 aromatic heterocycles. The fourth-order valence-electron chi connectivity index (χ4n) is 4.21. The molecule has 3 heterocycles. The van der Waals surface area contributed by atoms with Crippen molar-refractivity contribution in [2.45, 2.75) is 35.5 Å². The summed E-state index contributed by atoms with van der Waals surface area (Å²) in [6, 6.07) is 15.6. The van der Waals surface area contributed by atoms with Gasteiger partial charge in [-0.25, -0.2) is 14.4 Å². The lowest BCUT2D eigenvalue weighted by Crippen LogP contribution is -2.36. The molecule has 0 spiro atoms. The van der Waals surface area contributed by atoms with Gasteiger partial charge in [0.15, 0.2) is 16.7 Å². The van der Waals surface area contributed by atoms with E-state index in [0.717, 1.165) is 47.2 Å². The van der Waals surface area contributed by atoms with Crippen molar-refractivity contribution in [3.63, 3.8) is 0 Å². The topological polar surface area (TPSA) is 76.6 Å². The number of ether oxygens (including phenoxy) is 2. The number of methoxy groups -OCH3 is 1. The first-order valence-electron chi connectivity index (χ1n) is 12.2. The minimum atomic E-state index is -0.333. The summed E-state index contributed by atoms with van der Waals surface area (Å²) >= 11 is 3.04. The minimum Gasteiger partial charge on any atom is -0.497 e. The number of hydrogen-bond donors (Lipinski definition) is 1. The second-order valence-electron chi connectivity index (χ2n) is 8.84. The van der Waals surface area contributed by atoms with Crippen molar-refractivity contribution in [1.82, 2.24) is 14.9 Å². The normalized spacial score (nSPS) is 13.5. The molecule has 0 unspecified atom stereocenters. The molecule has 5 rings (SSSR count). The Morgan fingerprint density at radius 1 is 1.10 bits per heavy atom. The van der Waals surface area contributed by atoms with Gasteiger partial charge in [0.05, 0.1) is 12.8 Å². The largest absolute Gasteiger partial charge is 0.497 e. The van der Waals surface area contributed by atoms with Crippen LogP contribution in [-0.2, 0) is 4.79 Å². The second-order valence-corrected chi connectivity index (χ2v) is 10.8. The summed E-state index contributed by atoms with van der Waals surface area (Å²) < 4.78 is 24.9. The Bertz CT molecular complexity index is 1410. The van der Waals surface area contributed by atoms with Gasteiger partial charge in [-0.1, -0.05) is 17.8 Å². The number of carbonyl (C=O) groups excluding carboxylic acids is 1. The molecule has 0 atom stereocenters. The van der Waals surface area contributed by atoms with Crippen LogP contribution in [0.1, 0.15) is 31.4 Å². The highest BCUT2D eigenvalue weighted by Gasteiger charge is 2.24. The van der Waals surface area contributed by atoms with Gasteiger partial charge in [-0.05, 0) is 55.3 Å². The number of nitrogens with one attached hydrogen (secondary N) is 1. The van der Waals surface area contributed by atoms with Gasteiger partial charge in [0.2, 0.25) is 5.91 Å². The molecule has 2 aromatic carbocycles. The zero-order chi connectivity index (χ0) is 26.5. The van der Waals surface area contributed by atoms with E-state index in [0.29, 0.717) is 28.4 Å². The molecule has 1 amide bonds. The summed E-state index contributed by atoms with van der Waals surface area (Å²) in [4.78, 5) is 24.8. The number of benzene rings is 2. The summed E-state index contributed by atoms with van der Waals surface area (Å²) in [7, 11) is 1.64. The third-order valence-corrected chi connectivity index (χ3v) is 7.98. The van der Waals surface area contributed by atoms with Crippen LogP contribution in [0, 0.1) is 5.82 Å². The summed E-state index contributed by atoms with van der Waals surface area (Å²) in [6.45, 7) is 3.12. The predicted octanol–water partition coefficient (Wildman–Crippen LogP) is 7.52. The number of rotatable bonds is 8. The molecule has 1 N–H and O–H groups in total. The van der Waals surface area contributed by atoms with E-state index in [1.54, 1.807) is 32.4 Å². The van der Waals surface area contributed by atoms with E-state index in [9.17, 15) is 9.18 Å². The Labute approximate surface area is 241 Å². The van der Waals surface area contributed by atoms with E-state index in [1.807, 2.05) is 35.2 Å². The van der Waals surface area contributed by atoms with Crippen LogP contribution in [0.2, 0.25) is 0 Å². The maximum absolute atomic E-state index is 13.5. The summed E-state index contributed by atoms with van der Waals surface area (Å²) in [5, 5.41) is 6.07. The molecule has 1 aliphatic heterocycles. The number of carbonyl (C=O) groups is 1. The third kappa shape index (κ3) is 7.40. The molecule has 1 saturated heterocycles.